The average molecular weight is 425 g/mol. The molecule has 142 valence electrons. The first-order valence-electron chi connectivity index (χ1n) is 9.12. The van der Waals surface area contributed by atoms with Gasteiger partial charge in [0.1, 0.15) is 5.03 Å². The van der Waals surface area contributed by atoms with Crippen molar-refractivity contribution >= 4 is 46.9 Å². The van der Waals surface area contributed by atoms with Gasteiger partial charge in [-0.1, -0.05) is 42.1 Å². The van der Waals surface area contributed by atoms with E-state index in [0.717, 1.165) is 10.6 Å². The first kappa shape index (κ1) is 19.4. The molecule has 1 aromatic heterocycles. The fourth-order valence-electron chi connectivity index (χ4n) is 2.89. The molecule has 2 aromatic carbocycles. The zero-order chi connectivity index (χ0) is 19.2. The SMILES string of the molecule is O=C(Nc1cccc(C2SCCCS2)c1)c1cccnc1Sc1ccccc1. The molecule has 1 fully saturated rings. The third kappa shape index (κ3) is 4.93. The second-order valence-corrected chi connectivity index (χ2v) is 10.1. The zero-order valence-electron chi connectivity index (χ0n) is 15.2. The highest BCUT2D eigenvalue weighted by Gasteiger charge is 2.18. The van der Waals surface area contributed by atoms with Crippen LogP contribution < -0.4 is 5.32 Å². The fourth-order valence-corrected chi connectivity index (χ4v) is 6.66. The lowest BCUT2D eigenvalue weighted by Gasteiger charge is -2.21. The number of carbonyl (C=O) groups is 1. The van der Waals surface area contributed by atoms with Crippen molar-refractivity contribution in [1.29, 1.82) is 0 Å². The lowest BCUT2D eigenvalue weighted by molar-refractivity contribution is 0.102. The van der Waals surface area contributed by atoms with Crippen LogP contribution in [0.4, 0.5) is 5.69 Å². The van der Waals surface area contributed by atoms with Gasteiger partial charge in [0.15, 0.2) is 0 Å². The first-order valence-corrected chi connectivity index (χ1v) is 12.0. The molecule has 1 aliphatic rings. The maximum atomic E-state index is 12.9. The van der Waals surface area contributed by atoms with Crippen LogP contribution in [-0.4, -0.2) is 22.4 Å². The van der Waals surface area contributed by atoms with Gasteiger partial charge in [-0.2, -0.15) is 0 Å². The Kier molecular flexibility index (Phi) is 6.62. The van der Waals surface area contributed by atoms with E-state index in [-0.39, 0.29) is 5.91 Å². The molecule has 0 spiro atoms. The number of amides is 1. The number of anilines is 1. The number of aromatic nitrogens is 1. The highest BCUT2D eigenvalue weighted by Crippen LogP contribution is 2.44. The van der Waals surface area contributed by atoms with Crippen LogP contribution in [0.3, 0.4) is 0 Å². The van der Waals surface area contributed by atoms with Gasteiger partial charge in [-0.3, -0.25) is 4.79 Å². The van der Waals surface area contributed by atoms with Gasteiger partial charge >= 0.3 is 0 Å². The van der Waals surface area contributed by atoms with Crippen LogP contribution in [-0.2, 0) is 0 Å². The number of nitrogens with one attached hydrogen (secondary N) is 1. The van der Waals surface area contributed by atoms with E-state index >= 15 is 0 Å². The van der Waals surface area contributed by atoms with Gasteiger partial charge in [0.05, 0.1) is 10.1 Å². The highest BCUT2D eigenvalue weighted by atomic mass is 32.2. The van der Waals surface area contributed by atoms with Crippen LogP contribution in [0.1, 0.15) is 26.9 Å². The predicted octanol–water partition coefficient (Wildman–Crippen LogP) is 6.35. The Balaban J connectivity index is 1.51. The molecule has 1 amide bonds. The number of hydrogen-bond acceptors (Lipinski definition) is 5. The summed E-state index contributed by atoms with van der Waals surface area (Å²) in [5.41, 5.74) is 2.68. The Hall–Kier alpha value is -1.89. The number of benzene rings is 2. The molecule has 2 heterocycles. The number of hydrogen-bond donors (Lipinski definition) is 1. The quantitative estimate of drug-likeness (QED) is 0.516. The smallest absolute Gasteiger partial charge is 0.258 e. The van der Waals surface area contributed by atoms with Gasteiger partial charge in [-0.25, -0.2) is 4.98 Å². The third-order valence-corrected chi connectivity index (χ3v) is 8.26. The van der Waals surface area contributed by atoms with E-state index in [0.29, 0.717) is 15.2 Å². The molecule has 3 aromatic rings. The summed E-state index contributed by atoms with van der Waals surface area (Å²) in [6.45, 7) is 0. The summed E-state index contributed by atoms with van der Waals surface area (Å²) in [6, 6.07) is 21.8. The topological polar surface area (TPSA) is 42.0 Å². The summed E-state index contributed by atoms with van der Waals surface area (Å²) in [4.78, 5) is 18.4. The van der Waals surface area contributed by atoms with Crippen molar-refractivity contribution in [2.24, 2.45) is 0 Å². The van der Waals surface area contributed by atoms with Crippen LogP contribution in [0, 0.1) is 0 Å². The molecule has 0 atom stereocenters. The summed E-state index contributed by atoms with van der Waals surface area (Å²) in [5, 5.41) is 3.76. The van der Waals surface area contributed by atoms with Gasteiger partial charge in [0, 0.05) is 16.8 Å². The van der Waals surface area contributed by atoms with Crippen molar-refractivity contribution in [1.82, 2.24) is 4.98 Å². The molecular weight excluding hydrogens is 404 g/mol. The van der Waals surface area contributed by atoms with Gasteiger partial charge in [-0.05, 0) is 59.9 Å². The van der Waals surface area contributed by atoms with Crippen molar-refractivity contribution < 1.29 is 4.79 Å². The van der Waals surface area contributed by atoms with Gasteiger partial charge < -0.3 is 5.32 Å². The van der Waals surface area contributed by atoms with Gasteiger partial charge in [0.25, 0.3) is 5.91 Å². The molecule has 0 unspecified atom stereocenters. The van der Waals surface area contributed by atoms with Gasteiger partial charge in [0.2, 0.25) is 0 Å². The number of carbonyl (C=O) groups excluding carboxylic acids is 1. The van der Waals surface area contributed by atoms with E-state index in [4.69, 9.17) is 0 Å². The maximum absolute atomic E-state index is 12.9. The molecule has 0 aliphatic carbocycles. The van der Waals surface area contributed by atoms with Crippen molar-refractivity contribution in [2.45, 2.75) is 20.9 Å². The Labute approximate surface area is 178 Å². The minimum Gasteiger partial charge on any atom is -0.322 e. The van der Waals surface area contributed by atoms with Crippen molar-refractivity contribution in [3.63, 3.8) is 0 Å². The molecule has 1 N–H and O–H groups in total. The molecule has 0 bridgehead atoms. The maximum Gasteiger partial charge on any atom is 0.258 e. The molecule has 1 saturated heterocycles. The molecule has 0 radical (unpaired) electrons. The molecule has 28 heavy (non-hydrogen) atoms. The van der Waals surface area contributed by atoms with E-state index in [1.54, 1.807) is 12.3 Å². The van der Waals surface area contributed by atoms with E-state index < -0.39 is 0 Å². The highest BCUT2D eigenvalue weighted by molar-refractivity contribution is 8.16. The second-order valence-electron chi connectivity index (χ2n) is 6.28. The van der Waals surface area contributed by atoms with Crippen LogP contribution in [0.25, 0.3) is 0 Å². The zero-order valence-corrected chi connectivity index (χ0v) is 17.7. The van der Waals surface area contributed by atoms with E-state index in [1.165, 1.54) is 35.3 Å². The fraction of sp³-hybridized carbons (Fsp3) is 0.182. The lowest BCUT2D eigenvalue weighted by Crippen LogP contribution is -2.14. The number of pyridine rings is 1. The molecule has 1 aliphatic heterocycles. The standard InChI is InChI=1S/C22H20N2OS3/c25-20(19-11-5-12-23-21(19)28-18-9-2-1-3-10-18)24-17-8-4-7-16(15-17)22-26-13-6-14-27-22/h1-5,7-12,15,22H,6,13-14H2,(H,24,25). The third-order valence-electron chi connectivity index (χ3n) is 4.22. The van der Waals surface area contributed by atoms with Gasteiger partial charge in [-0.15, -0.1) is 23.5 Å². The lowest BCUT2D eigenvalue weighted by atomic mass is 10.2. The first-order chi connectivity index (χ1) is 13.8. The number of rotatable bonds is 5. The largest absolute Gasteiger partial charge is 0.322 e. The summed E-state index contributed by atoms with van der Waals surface area (Å²) in [5.74, 6) is 2.27. The van der Waals surface area contributed by atoms with E-state index in [9.17, 15) is 4.79 Å². The van der Waals surface area contributed by atoms with Crippen LogP contribution >= 0.6 is 35.3 Å². The minimum absolute atomic E-state index is 0.132. The predicted molar refractivity (Wildman–Crippen MR) is 121 cm³/mol. The van der Waals surface area contributed by atoms with Crippen molar-refractivity contribution in [3.8, 4) is 0 Å². The second kappa shape index (κ2) is 9.54. The summed E-state index contributed by atoms with van der Waals surface area (Å²) in [6.07, 6.45) is 2.99. The van der Waals surface area contributed by atoms with Crippen LogP contribution in [0.15, 0.2) is 82.8 Å². The Morgan fingerprint density at radius 1 is 1.00 bits per heavy atom. The summed E-state index contributed by atoms with van der Waals surface area (Å²) >= 11 is 5.46. The van der Waals surface area contributed by atoms with E-state index in [1.807, 2.05) is 72.1 Å². The number of thioether (sulfide) groups is 2. The Morgan fingerprint density at radius 2 is 1.82 bits per heavy atom. The summed E-state index contributed by atoms with van der Waals surface area (Å²) in [7, 11) is 0. The molecule has 3 nitrogen and oxygen atoms in total. The minimum atomic E-state index is -0.132. The van der Waals surface area contributed by atoms with Crippen LogP contribution in [0.2, 0.25) is 0 Å². The van der Waals surface area contributed by atoms with Crippen LogP contribution in [0.5, 0.6) is 0 Å². The normalized spacial score (nSPS) is 14.6. The van der Waals surface area contributed by atoms with E-state index in [2.05, 4.69) is 22.4 Å². The molecule has 0 saturated carbocycles. The number of nitrogens with zero attached hydrogens (tertiary/aromatic N) is 1. The van der Waals surface area contributed by atoms with Crippen molar-refractivity contribution in [2.75, 3.05) is 16.8 Å². The average Bonchev–Trinajstić information content (AvgIpc) is 2.76. The monoisotopic (exact) mass is 424 g/mol. The Morgan fingerprint density at radius 3 is 2.64 bits per heavy atom. The molecule has 6 heteroatoms. The Bertz CT molecular complexity index is 943. The molecular formula is C22H20N2OS3. The molecule has 4 rings (SSSR count). The summed E-state index contributed by atoms with van der Waals surface area (Å²) < 4.78 is 0.452. The van der Waals surface area contributed by atoms with Crippen molar-refractivity contribution in [3.05, 3.63) is 84.1 Å².